The van der Waals surface area contributed by atoms with Crippen molar-refractivity contribution in [2.45, 2.75) is 84.0 Å². The quantitative estimate of drug-likeness (QED) is 0.712. The van der Waals surface area contributed by atoms with Gasteiger partial charge >= 0.3 is 0 Å². The maximum atomic E-state index is 13.3. The summed E-state index contributed by atoms with van der Waals surface area (Å²) in [6.07, 6.45) is 7.32. The predicted octanol–water partition coefficient (Wildman–Crippen LogP) is 4.39. The Kier molecular flexibility index (Phi) is 4.61. The molecule has 2 nitrogen and oxygen atoms in total. The molecule has 2 aliphatic carbocycles. The van der Waals surface area contributed by atoms with Crippen molar-refractivity contribution < 1.29 is 9.13 Å². The number of rotatable bonds is 1. The van der Waals surface area contributed by atoms with Gasteiger partial charge in [0, 0.05) is 12.6 Å². The Labute approximate surface area is 129 Å². The van der Waals surface area contributed by atoms with Crippen LogP contribution in [0, 0.1) is 17.3 Å². The van der Waals surface area contributed by atoms with Gasteiger partial charge < -0.3 is 4.74 Å². The fraction of sp³-hybridized carbons (Fsp3) is 1.00. The van der Waals surface area contributed by atoms with Crippen LogP contribution in [0.25, 0.3) is 0 Å². The molecule has 0 bridgehead atoms. The second-order valence-corrected chi connectivity index (χ2v) is 8.65. The molecule has 1 heterocycles. The van der Waals surface area contributed by atoms with Crippen molar-refractivity contribution in [3.05, 3.63) is 0 Å². The summed E-state index contributed by atoms with van der Waals surface area (Å²) in [4.78, 5) is 2.51. The molecular formula is C18H32FNO. The van der Waals surface area contributed by atoms with E-state index in [1.807, 2.05) is 0 Å². The number of hydrogen-bond donors (Lipinski definition) is 0. The Morgan fingerprint density at radius 3 is 2.38 bits per heavy atom. The lowest BCUT2D eigenvalue weighted by Crippen LogP contribution is -2.52. The first-order valence-electron chi connectivity index (χ1n) is 8.93. The molecule has 0 radical (unpaired) electrons. The van der Waals surface area contributed by atoms with E-state index in [0.29, 0.717) is 23.5 Å². The zero-order valence-corrected chi connectivity index (χ0v) is 14.0. The third-order valence-corrected chi connectivity index (χ3v) is 6.20. The molecule has 1 saturated heterocycles. The van der Waals surface area contributed by atoms with E-state index in [9.17, 15) is 4.39 Å². The number of alkyl halides is 1. The molecule has 0 amide bonds. The molecule has 3 aliphatic rings. The molecule has 3 rings (SSSR count). The summed E-state index contributed by atoms with van der Waals surface area (Å²) >= 11 is 0. The van der Waals surface area contributed by atoms with Crippen LogP contribution in [0.4, 0.5) is 4.39 Å². The van der Waals surface area contributed by atoms with Crippen LogP contribution in [0.15, 0.2) is 0 Å². The van der Waals surface area contributed by atoms with Gasteiger partial charge in [0.15, 0.2) is 0 Å². The first-order chi connectivity index (χ1) is 9.93. The molecule has 3 heteroatoms. The molecular weight excluding hydrogens is 265 g/mol. The van der Waals surface area contributed by atoms with Crippen LogP contribution in [0.1, 0.15) is 65.7 Å². The van der Waals surface area contributed by atoms with Gasteiger partial charge in [-0.3, -0.25) is 4.90 Å². The van der Waals surface area contributed by atoms with Gasteiger partial charge in [0.1, 0.15) is 6.17 Å². The number of nitrogens with zero attached hydrogens (tertiary/aromatic N) is 1. The highest BCUT2D eigenvalue weighted by Gasteiger charge is 2.41. The minimum atomic E-state index is -0.556. The van der Waals surface area contributed by atoms with Crippen molar-refractivity contribution in [2.24, 2.45) is 17.3 Å². The van der Waals surface area contributed by atoms with Crippen LogP contribution in [-0.2, 0) is 4.74 Å². The van der Waals surface area contributed by atoms with E-state index in [-0.39, 0.29) is 0 Å². The highest BCUT2D eigenvalue weighted by atomic mass is 19.1. The number of ether oxygens (including phenoxy) is 1. The van der Waals surface area contributed by atoms with E-state index >= 15 is 0 Å². The zero-order chi connectivity index (χ0) is 15.0. The van der Waals surface area contributed by atoms with E-state index in [1.165, 1.54) is 25.8 Å². The Bertz CT molecular complexity index is 346. The first kappa shape index (κ1) is 15.7. The normalized spacial score (nSPS) is 42.6. The summed E-state index contributed by atoms with van der Waals surface area (Å²) in [6.45, 7) is 9.09. The summed E-state index contributed by atoms with van der Waals surface area (Å²) in [5.74, 6) is 1.52. The Hall–Kier alpha value is -0.150. The van der Waals surface area contributed by atoms with E-state index in [2.05, 4.69) is 25.7 Å². The summed E-state index contributed by atoms with van der Waals surface area (Å²) in [7, 11) is 0. The number of hydrogen-bond acceptors (Lipinski definition) is 2. The molecule has 0 spiro atoms. The first-order valence-corrected chi connectivity index (χ1v) is 8.93. The van der Waals surface area contributed by atoms with Crippen LogP contribution in [0.3, 0.4) is 0 Å². The van der Waals surface area contributed by atoms with Gasteiger partial charge in [0.05, 0.1) is 12.8 Å². The third-order valence-electron chi connectivity index (χ3n) is 6.20. The Morgan fingerprint density at radius 2 is 1.71 bits per heavy atom. The lowest BCUT2D eigenvalue weighted by atomic mass is 9.67. The molecule has 0 aromatic heterocycles. The van der Waals surface area contributed by atoms with Gasteiger partial charge in [0.2, 0.25) is 0 Å². The van der Waals surface area contributed by atoms with Crippen molar-refractivity contribution in [3.8, 4) is 0 Å². The van der Waals surface area contributed by atoms with Gasteiger partial charge in [0.25, 0.3) is 0 Å². The summed E-state index contributed by atoms with van der Waals surface area (Å²) in [6, 6.07) is 0.563. The van der Waals surface area contributed by atoms with Gasteiger partial charge in [-0.05, 0) is 62.2 Å². The minimum Gasteiger partial charge on any atom is -0.363 e. The zero-order valence-electron chi connectivity index (χ0n) is 14.0. The third kappa shape index (κ3) is 3.61. The van der Waals surface area contributed by atoms with E-state index in [1.54, 1.807) is 0 Å². The number of halogens is 1. The number of fused-ring (bicyclic) bond motifs is 1. The fourth-order valence-electron chi connectivity index (χ4n) is 4.63. The van der Waals surface area contributed by atoms with Crippen molar-refractivity contribution in [1.82, 2.24) is 4.90 Å². The topological polar surface area (TPSA) is 12.5 Å². The standard InChI is InChI=1S/C18H32FNO/c1-18(2,3)14-4-9-17-13(10-14)11-20(12-21-17)16-7-5-15(19)6-8-16/h13-17H,4-12H2,1-3H3. The monoisotopic (exact) mass is 297 g/mol. The van der Waals surface area contributed by atoms with Crippen molar-refractivity contribution in [2.75, 3.05) is 13.3 Å². The van der Waals surface area contributed by atoms with Crippen molar-refractivity contribution in [1.29, 1.82) is 0 Å². The van der Waals surface area contributed by atoms with Gasteiger partial charge in [-0.1, -0.05) is 20.8 Å². The van der Waals surface area contributed by atoms with Crippen molar-refractivity contribution >= 4 is 0 Å². The van der Waals surface area contributed by atoms with E-state index < -0.39 is 6.17 Å². The Morgan fingerprint density at radius 1 is 1.00 bits per heavy atom. The van der Waals surface area contributed by atoms with Crippen LogP contribution in [-0.4, -0.2) is 36.5 Å². The highest BCUT2D eigenvalue weighted by Crippen LogP contribution is 2.43. The molecule has 122 valence electrons. The Balaban J connectivity index is 1.57. The van der Waals surface area contributed by atoms with E-state index in [0.717, 1.165) is 38.3 Å². The summed E-state index contributed by atoms with van der Waals surface area (Å²) in [5.41, 5.74) is 0.416. The maximum absolute atomic E-state index is 13.3. The fourth-order valence-corrected chi connectivity index (χ4v) is 4.63. The summed E-state index contributed by atoms with van der Waals surface area (Å²) in [5, 5.41) is 0. The molecule has 0 aromatic carbocycles. The minimum absolute atomic E-state index is 0.416. The lowest BCUT2D eigenvalue weighted by Gasteiger charge is -2.48. The maximum Gasteiger partial charge on any atom is 0.100 e. The second-order valence-electron chi connectivity index (χ2n) is 8.65. The average molecular weight is 297 g/mol. The molecule has 0 aromatic rings. The largest absolute Gasteiger partial charge is 0.363 e. The highest BCUT2D eigenvalue weighted by molar-refractivity contribution is 4.91. The SMILES string of the molecule is CC(C)(C)C1CCC2OCN(C3CCC(F)CC3)CC2C1. The van der Waals surface area contributed by atoms with Crippen LogP contribution < -0.4 is 0 Å². The molecule has 3 atom stereocenters. The molecule has 3 unspecified atom stereocenters. The van der Waals surface area contributed by atoms with Gasteiger partial charge in [-0.2, -0.15) is 0 Å². The van der Waals surface area contributed by atoms with Crippen LogP contribution in [0.2, 0.25) is 0 Å². The lowest BCUT2D eigenvalue weighted by molar-refractivity contribution is -0.145. The molecule has 21 heavy (non-hydrogen) atoms. The molecule has 2 saturated carbocycles. The molecule has 0 N–H and O–H groups in total. The summed E-state index contributed by atoms with van der Waals surface area (Å²) < 4.78 is 19.5. The van der Waals surface area contributed by atoms with Crippen LogP contribution >= 0.6 is 0 Å². The average Bonchev–Trinajstić information content (AvgIpc) is 2.46. The van der Waals surface area contributed by atoms with Crippen molar-refractivity contribution in [3.63, 3.8) is 0 Å². The van der Waals surface area contributed by atoms with Gasteiger partial charge in [-0.25, -0.2) is 4.39 Å². The van der Waals surface area contributed by atoms with Gasteiger partial charge in [-0.15, -0.1) is 0 Å². The predicted molar refractivity (Wildman–Crippen MR) is 83.9 cm³/mol. The van der Waals surface area contributed by atoms with E-state index in [4.69, 9.17) is 4.74 Å². The molecule has 3 fully saturated rings. The van der Waals surface area contributed by atoms with Crippen LogP contribution in [0.5, 0.6) is 0 Å². The molecule has 1 aliphatic heterocycles. The second kappa shape index (κ2) is 6.16. The smallest absolute Gasteiger partial charge is 0.100 e.